The zero-order chi connectivity index (χ0) is 9.68. The molecule has 0 fully saturated rings. The average Bonchev–Trinajstić information content (AvgIpc) is 2.15. The molecule has 13 heavy (non-hydrogen) atoms. The van der Waals surface area contributed by atoms with Crippen LogP contribution in [0.4, 0.5) is 4.39 Å². The predicted octanol–water partition coefficient (Wildman–Crippen LogP) is 2.44. The summed E-state index contributed by atoms with van der Waals surface area (Å²) in [5.41, 5.74) is 1.66. The topological polar surface area (TPSA) is 20.2 Å². The van der Waals surface area contributed by atoms with Crippen LogP contribution in [0.2, 0.25) is 0 Å². The molecule has 2 heteroatoms. The van der Waals surface area contributed by atoms with Gasteiger partial charge in [0.15, 0.2) is 0 Å². The Bertz CT molecular complexity index is 294. The molecule has 0 amide bonds. The van der Waals surface area contributed by atoms with E-state index in [-0.39, 0.29) is 12.4 Å². The summed E-state index contributed by atoms with van der Waals surface area (Å²) in [6, 6.07) is 4.45. The summed E-state index contributed by atoms with van der Waals surface area (Å²) in [6.45, 7) is 3.56. The molecule has 0 unspecified atom stereocenters. The van der Waals surface area contributed by atoms with Crippen LogP contribution < -0.4 is 0 Å². The highest BCUT2D eigenvalue weighted by Gasteiger charge is 2.01. The second kappa shape index (κ2) is 4.77. The van der Waals surface area contributed by atoms with E-state index in [1.54, 1.807) is 12.1 Å². The molecular formula is C11H13FO. The van der Waals surface area contributed by atoms with Crippen molar-refractivity contribution in [3.05, 3.63) is 47.8 Å². The van der Waals surface area contributed by atoms with Crippen molar-refractivity contribution in [2.75, 3.05) is 0 Å². The highest BCUT2D eigenvalue weighted by atomic mass is 19.1. The van der Waals surface area contributed by atoms with Crippen molar-refractivity contribution in [3.8, 4) is 0 Å². The molecule has 0 aromatic heterocycles. The Labute approximate surface area is 77.5 Å². The van der Waals surface area contributed by atoms with Crippen LogP contribution in [0.3, 0.4) is 0 Å². The summed E-state index contributed by atoms with van der Waals surface area (Å²) >= 11 is 0. The smallest absolute Gasteiger partial charge is 0.123 e. The Hall–Kier alpha value is -1.15. The molecule has 0 aliphatic heterocycles. The van der Waals surface area contributed by atoms with Gasteiger partial charge in [0.05, 0.1) is 6.61 Å². The summed E-state index contributed by atoms with van der Waals surface area (Å²) in [5.74, 6) is -0.253. The monoisotopic (exact) mass is 180 g/mol. The van der Waals surface area contributed by atoms with Gasteiger partial charge in [-0.25, -0.2) is 4.39 Å². The SMILES string of the molecule is C=CCCc1cc(F)ccc1CO. The quantitative estimate of drug-likeness (QED) is 0.705. The molecular weight excluding hydrogens is 167 g/mol. The van der Waals surface area contributed by atoms with Crippen molar-refractivity contribution in [1.29, 1.82) is 0 Å². The van der Waals surface area contributed by atoms with Crippen molar-refractivity contribution < 1.29 is 9.50 Å². The van der Waals surface area contributed by atoms with Gasteiger partial charge in [-0.05, 0) is 36.1 Å². The molecule has 1 aromatic carbocycles. The lowest BCUT2D eigenvalue weighted by Crippen LogP contribution is -1.94. The molecule has 0 saturated carbocycles. The van der Waals surface area contributed by atoms with Gasteiger partial charge in [0.25, 0.3) is 0 Å². The number of halogens is 1. The highest BCUT2D eigenvalue weighted by Crippen LogP contribution is 2.13. The molecule has 0 heterocycles. The summed E-state index contributed by atoms with van der Waals surface area (Å²) in [7, 11) is 0. The Balaban J connectivity index is 2.87. The van der Waals surface area contributed by atoms with E-state index in [1.165, 1.54) is 12.1 Å². The summed E-state index contributed by atoms with van der Waals surface area (Å²) in [4.78, 5) is 0. The van der Waals surface area contributed by atoms with Gasteiger partial charge < -0.3 is 5.11 Å². The first-order valence-corrected chi connectivity index (χ1v) is 4.27. The van der Waals surface area contributed by atoms with Crippen LogP contribution in [0.25, 0.3) is 0 Å². The molecule has 1 nitrogen and oxygen atoms in total. The fourth-order valence-corrected chi connectivity index (χ4v) is 1.24. The Morgan fingerprint density at radius 1 is 1.38 bits per heavy atom. The summed E-state index contributed by atoms with van der Waals surface area (Å²) < 4.78 is 12.8. The number of aryl methyl sites for hydroxylation is 1. The molecule has 0 aliphatic rings. The maximum atomic E-state index is 12.8. The Morgan fingerprint density at radius 2 is 2.15 bits per heavy atom. The van der Waals surface area contributed by atoms with Crippen molar-refractivity contribution >= 4 is 0 Å². The Morgan fingerprint density at radius 3 is 2.77 bits per heavy atom. The molecule has 1 aromatic rings. The van der Waals surface area contributed by atoms with E-state index in [9.17, 15) is 4.39 Å². The second-order valence-corrected chi connectivity index (χ2v) is 2.90. The lowest BCUT2D eigenvalue weighted by atomic mass is 10.0. The predicted molar refractivity (Wildman–Crippen MR) is 50.8 cm³/mol. The number of hydrogen-bond donors (Lipinski definition) is 1. The van der Waals surface area contributed by atoms with Gasteiger partial charge in [-0.2, -0.15) is 0 Å². The van der Waals surface area contributed by atoms with Crippen LogP contribution in [0.15, 0.2) is 30.9 Å². The summed E-state index contributed by atoms with van der Waals surface area (Å²) in [5, 5.41) is 8.96. The van der Waals surface area contributed by atoms with Gasteiger partial charge in [0.2, 0.25) is 0 Å². The molecule has 0 saturated heterocycles. The van der Waals surface area contributed by atoms with Crippen LogP contribution in [0, 0.1) is 5.82 Å². The van der Waals surface area contributed by atoms with E-state index in [0.717, 1.165) is 24.0 Å². The van der Waals surface area contributed by atoms with Gasteiger partial charge in [0.1, 0.15) is 5.82 Å². The molecule has 1 rings (SSSR count). The lowest BCUT2D eigenvalue weighted by Gasteiger charge is -2.05. The maximum absolute atomic E-state index is 12.8. The van der Waals surface area contributed by atoms with Crippen LogP contribution in [0.5, 0.6) is 0 Å². The second-order valence-electron chi connectivity index (χ2n) is 2.90. The van der Waals surface area contributed by atoms with Gasteiger partial charge in [0, 0.05) is 0 Å². The van der Waals surface area contributed by atoms with Gasteiger partial charge in [-0.15, -0.1) is 6.58 Å². The van der Waals surface area contributed by atoms with Gasteiger partial charge in [-0.3, -0.25) is 0 Å². The third-order valence-corrected chi connectivity index (χ3v) is 1.96. The van der Waals surface area contributed by atoms with E-state index in [4.69, 9.17) is 5.11 Å². The number of aliphatic hydroxyl groups excluding tert-OH is 1. The molecule has 0 bridgehead atoms. The fraction of sp³-hybridized carbons (Fsp3) is 0.273. The number of benzene rings is 1. The largest absolute Gasteiger partial charge is 0.392 e. The molecule has 1 N–H and O–H groups in total. The number of aliphatic hydroxyl groups is 1. The minimum absolute atomic E-state index is 0.0350. The van der Waals surface area contributed by atoms with Crippen LogP contribution in [0.1, 0.15) is 17.5 Å². The van der Waals surface area contributed by atoms with E-state index in [2.05, 4.69) is 6.58 Å². The third kappa shape index (κ3) is 2.67. The van der Waals surface area contributed by atoms with Gasteiger partial charge in [-0.1, -0.05) is 12.1 Å². The number of hydrogen-bond acceptors (Lipinski definition) is 1. The molecule has 0 atom stereocenters. The van der Waals surface area contributed by atoms with Crippen LogP contribution >= 0.6 is 0 Å². The minimum Gasteiger partial charge on any atom is -0.392 e. The first kappa shape index (κ1) is 9.93. The van der Waals surface area contributed by atoms with Crippen molar-refractivity contribution in [2.24, 2.45) is 0 Å². The van der Waals surface area contributed by atoms with Crippen molar-refractivity contribution in [2.45, 2.75) is 19.4 Å². The first-order chi connectivity index (χ1) is 6.27. The molecule has 0 radical (unpaired) electrons. The molecule has 0 spiro atoms. The maximum Gasteiger partial charge on any atom is 0.123 e. The molecule has 70 valence electrons. The van der Waals surface area contributed by atoms with E-state index in [0.29, 0.717) is 0 Å². The molecule has 0 aliphatic carbocycles. The standard InChI is InChI=1S/C11H13FO/c1-2-3-4-9-7-11(12)6-5-10(9)8-13/h2,5-7,13H,1,3-4,8H2. The number of allylic oxidation sites excluding steroid dienone is 1. The van der Waals surface area contributed by atoms with E-state index in [1.807, 2.05) is 0 Å². The normalized spacial score (nSPS) is 10.0. The van der Waals surface area contributed by atoms with Crippen molar-refractivity contribution in [3.63, 3.8) is 0 Å². The zero-order valence-electron chi connectivity index (χ0n) is 7.46. The number of rotatable bonds is 4. The first-order valence-electron chi connectivity index (χ1n) is 4.27. The average molecular weight is 180 g/mol. The van der Waals surface area contributed by atoms with E-state index >= 15 is 0 Å². The fourth-order valence-electron chi connectivity index (χ4n) is 1.24. The van der Waals surface area contributed by atoms with Crippen LogP contribution in [-0.2, 0) is 13.0 Å². The van der Waals surface area contributed by atoms with Crippen LogP contribution in [-0.4, -0.2) is 5.11 Å². The van der Waals surface area contributed by atoms with E-state index < -0.39 is 0 Å². The third-order valence-electron chi connectivity index (χ3n) is 1.96. The summed E-state index contributed by atoms with van der Waals surface area (Å²) in [6.07, 6.45) is 3.32. The lowest BCUT2D eigenvalue weighted by molar-refractivity contribution is 0.280. The van der Waals surface area contributed by atoms with Crippen molar-refractivity contribution in [1.82, 2.24) is 0 Å². The highest BCUT2D eigenvalue weighted by molar-refractivity contribution is 5.27. The van der Waals surface area contributed by atoms with Gasteiger partial charge >= 0.3 is 0 Å². The minimum atomic E-state index is -0.253. The Kier molecular flexibility index (Phi) is 3.65. The zero-order valence-corrected chi connectivity index (χ0v) is 7.46.